The van der Waals surface area contributed by atoms with Gasteiger partial charge < -0.3 is 16.5 Å². The van der Waals surface area contributed by atoms with Crippen LogP contribution in [0.1, 0.15) is 10.5 Å². The highest BCUT2D eigenvalue weighted by molar-refractivity contribution is 6.06. The van der Waals surface area contributed by atoms with Gasteiger partial charge in [-0.3, -0.25) is 15.1 Å². The second-order valence-electron chi connectivity index (χ2n) is 3.74. The number of anilines is 1. The molecule has 6 nitrogen and oxygen atoms in total. The van der Waals surface area contributed by atoms with E-state index in [9.17, 15) is 4.79 Å². The van der Waals surface area contributed by atoms with E-state index in [4.69, 9.17) is 16.9 Å². The molecule has 2 aromatic rings. The maximum atomic E-state index is 11.9. The summed E-state index contributed by atoms with van der Waals surface area (Å²) in [4.78, 5) is 15.9. The van der Waals surface area contributed by atoms with E-state index in [1.54, 1.807) is 18.2 Å². The van der Waals surface area contributed by atoms with Crippen molar-refractivity contribution in [3.8, 4) is 0 Å². The second-order valence-corrected chi connectivity index (χ2v) is 3.74. The molecule has 1 heterocycles. The average Bonchev–Trinajstić information content (AvgIpc) is 2.72. The summed E-state index contributed by atoms with van der Waals surface area (Å²) in [7, 11) is 1.44. The second kappa shape index (κ2) is 3.82. The fourth-order valence-electron chi connectivity index (χ4n) is 1.58. The monoisotopic (exact) mass is 231 g/mol. The Morgan fingerprint density at radius 2 is 2.18 bits per heavy atom. The standard InChI is InChI=1S/C11H13N5O/c1-16(11(13)14)10(17)9-5-6-7(12)3-2-4-8(6)15-9/h2-5,15H,12H2,1H3,(H3,13,14). The lowest BCUT2D eigenvalue weighted by molar-refractivity contribution is 0.0864. The Balaban J connectivity index is 2.47. The van der Waals surface area contributed by atoms with Crippen molar-refractivity contribution in [3.05, 3.63) is 30.0 Å². The van der Waals surface area contributed by atoms with E-state index in [1.807, 2.05) is 6.07 Å². The van der Waals surface area contributed by atoms with E-state index < -0.39 is 0 Å². The molecule has 0 saturated heterocycles. The van der Waals surface area contributed by atoms with Gasteiger partial charge in [0.15, 0.2) is 5.96 Å². The topological polar surface area (TPSA) is 112 Å². The zero-order valence-electron chi connectivity index (χ0n) is 9.32. The summed E-state index contributed by atoms with van der Waals surface area (Å²) >= 11 is 0. The van der Waals surface area contributed by atoms with Gasteiger partial charge in [0.1, 0.15) is 5.69 Å². The Bertz CT molecular complexity index is 601. The lowest BCUT2D eigenvalue weighted by atomic mass is 10.2. The first-order valence-corrected chi connectivity index (χ1v) is 5.00. The van der Waals surface area contributed by atoms with Gasteiger partial charge in [0.2, 0.25) is 0 Å². The molecular weight excluding hydrogens is 218 g/mol. The molecule has 17 heavy (non-hydrogen) atoms. The van der Waals surface area contributed by atoms with Gasteiger partial charge in [0, 0.05) is 23.6 Å². The van der Waals surface area contributed by atoms with Gasteiger partial charge in [-0.1, -0.05) is 6.07 Å². The maximum absolute atomic E-state index is 11.9. The molecule has 0 atom stereocenters. The predicted octanol–water partition coefficient (Wildman–Crippen LogP) is 0.716. The molecule has 0 fully saturated rings. The number of aromatic amines is 1. The van der Waals surface area contributed by atoms with Crippen LogP contribution in [0.25, 0.3) is 10.9 Å². The van der Waals surface area contributed by atoms with Crippen molar-refractivity contribution in [1.82, 2.24) is 9.88 Å². The van der Waals surface area contributed by atoms with Gasteiger partial charge in [-0.15, -0.1) is 0 Å². The molecule has 0 unspecified atom stereocenters. The van der Waals surface area contributed by atoms with Crippen LogP contribution < -0.4 is 11.5 Å². The van der Waals surface area contributed by atoms with Crippen LogP contribution >= 0.6 is 0 Å². The van der Waals surface area contributed by atoms with Crippen LogP contribution in [0.4, 0.5) is 5.69 Å². The predicted molar refractivity (Wildman–Crippen MR) is 66.7 cm³/mol. The average molecular weight is 231 g/mol. The van der Waals surface area contributed by atoms with Gasteiger partial charge in [-0.05, 0) is 18.2 Å². The molecule has 0 aliphatic heterocycles. The normalized spacial score (nSPS) is 10.4. The van der Waals surface area contributed by atoms with E-state index >= 15 is 0 Å². The summed E-state index contributed by atoms with van der Waals surface area (Å²) in [5.41, 5.74) is 12.8. The molecule has 1 amide bonds. The first-order chi connectivity index (χ1) is 8.00. The van der Waals surface area contributed by atoms with Crippen molar-refractivity contribution in [1.29, 1.82) is 5.41 Å². The van der Waals surface area contributed by atoms with E-state index in [0.717, 1.165) is 15.8 Å². The van der Waals surface area contributed by atoms with Crippen molar-refractivity contribution in [2.75, 3.05) is 12.8 Å². The summed E-state index contributed by atoms with van der Waals surface area (Å²) < 4.78 is 0. The lowest BCUT2D eigenvalue weighted by Gasteiger charge is -2.12. The lowest BCUT2D eigenvalue weighted by Crippen LogP contribution is -2.38. The molecule has 2 rings (SSSR count). The van der Waals surface area contributed by atoms with E-state index in [2.05, 4.69) is 4.98 Å². The fourth-order valence-corrected chi connectivity index (χ4v) is 1.58. The summed E-state index contributed by atoms with van der Waals surface area (Å²) in [5, 5.41) is 7.99. The zero-order chi connectivity index (χ0) is 12.6. The number of benzene rings is 1. The number of amides is 1. The molecule has 0 saturated carbocycles. The SMILES string of the molecule is CN(C(=N)N)C(=O)c1cc2c(N)cccc2[nH]1. The highest BCUT2D eigenvalue weighted by atomic mass is 16.2. The molecule has 0 aliphatic rings. The molecule has 0 aliphatic carbocycles. The van der Waals surface area contributed by atoms with Crippen molar-refractivity contribution >= 4 is 28.5 Å². The molecule has 1 aromatic heterocycles. The number of hydrogen-bond donors (Lipinski definition) is 4. The molecular formula is C11H13N5O. The Labute approximate surface area is 97.7 Å². The number of carbonyl (C=O) groups is 1. The van der Waals surface area contributed by atoms with Gasteiger partial charge in [-0.25, -0.2) is 0 Å². The molecule has 0 radical (unpaired) electrons. The van der Waals surface area contributed by atoms with Crippen molar-refractivity contribution in [2.24, 2.45) is 5.73 Å². The Kier molecular flexibility index (Phi) is 2.47. The van der Waals surface area contributed by atoms with Crippen molar-refractivity contribution < 1.29 is 4.79 Å². The number of aromatic nitrogens is 1. The van der Waals surface area contributed by atoms with Crippen LogP contribution in [0, 0.1) is 5.41 Å². The van der Waals surface area contributed by atoms with Crippen LogP contribution in [-0.2, 0) is 0 Å². The van der Waals surface area contributed by atoms with E-state index in [1.165, 1.54) is 7.05 Å². The minimum Gasteiger partial charge on any atom is -0.398 e. The molecule has 0 spiro atoms. The molecule has 6 N–H and O–H groups in total. The summed E-state index contributed by atoms with van der Waals surface area (Å²) in [6.07, 6.45) is 0. The first kappa shape index (κ1) is 11.0. The molecule has 1 aromatic carbocycles. The van der Waals surface area contributed by atoms with Crippen LogP contribution in [-0.4, -0.2) is 28.8 Å². The van der Waals surface area contributed by atoms with E-state index in [0.29, 0.717) is 11.4 Å². The number of fused-ring (bicyclic) bond motifs is 1. The number of guanidine groups is 1. The Morgan fingerprint density at radius 1 is 1.47 bits per heavy atom. The van der Waals surface area contributed by atoms with Gasteiger partial charge in [0.25, 0.3) is 5.91 Å². The first-order valence-electron chi connectivity index (χ1n) is 5.00. The van der Waals surface area contributed by atoms with E-state index in [-0.39, 0.29) is 11.9 Å². The van der Waals surface area contributed by atoms with Crippen molar-refractivity contribution in [3.63, 3.8) is 0 Å². The van der Waals surface area contributed by atoms with Crippen LogP contribution in [0.15, 0.2) is 24.3 Å². The highest BCUT2D eigenvalue weighted by Gasteiger charge is 2.16. The van der Waals surface area contributed by atoms with Crippen LogP contribution in [0.3, 0.4) is 0 Å². The largest absolute Gasteiger partial charge is 0.398 e. The summed E-state index contributed by atoms with van der Waals surface area (Å²) in [5.74, 6) is -0.672. The van der Waals surface area contributed by atoms with Crippen LogP contribution in [0.5, 0.6) is 0 Å². The number of rotatable bonds is 1. The molecule has 6 heteroatoms. The minimum absolute atomic E-state index is 0.304. The highest BCUT2D eigenvalue weighted by Crippen LogP contribution is 2.22. The number of nitrogen functional groups attached to an aromatic ring is 1. The quantitative estimate of drug-likeness (QED) is 0.329. The number of carbonyl (C=O) groups excluding carboxylic acids is 1. The third-order valence-electron chi connectivity index (χ3n) is 2.59. The van der Waals surface area contributed by atoms with Gasteiger partial charge >= 0.3 is 0 Å². The van der Waals surface area contributed by atoms with Gasteiger partial charge in [-0.2, -0.15) is 0 Å². The number of nitrogens with one attached hydrogen (secondary N) is 2. The van der Waals surface area contributed by atoms with Crippen LogP contribution in [0.2, 0.25) is 0 Å². The summed E-state index contributed by atoms with van der Waals surface area (Å²) in [6.45, 7) is 0. The molecule has 0 bridgehead atoms. The zero-order valence-corrected chi connectivity index (χ0v) is 9.32. The maximum Gasteiger partial charge on any atom is 0.276 e. The minimum atomic E-state index is -0.367. The van der Waals surface area contributed by atoms with Gasteiger partial charge in [0.05, 0.1) is 0 Å². The van der Waals surface area contributed by atoms with Crippen molar-refractivity contribution in [2.45, 2.75) is 0 Å². The Morgan fingerprint density at radius 3 is 2.76 bits per heavy atom. The number of nitrogens with two attached hydrogens (primary N) is 2. The third kappa shape index (κ3) is 1.80. The number of hydrogen-bond acceptors (Lipinski definition) is 3. The third-order valence-corrected chi connectivity index (χ3v) is 2.59. The fraction of sp³-hybridized carbons (Fsp3) is 0.0909. The summed E-state index contributed by atoms with van der Waals surface area (Å²) in [6, 6.07) is 7.05. The Hall–Kier alpha value is -2.50. The smallest absolute Gasteiger partial charge is 0.276 e. The molecule has 88 valence electrons. The number of nitrogens with zero attached hydrogens (tertiary/aromatic N) is 1. The number of H-pyrrole nitrogens is 1.